The highest BCUT2D eigenvalue weighted by Gasteiger charge is 2.33. The molecule has 2 aliphatic rings. The van der Waals surface area contributed by atoms with Gasteiger partial charge in [-0.15, -0.1) is 0 Å². The Balaban J connectivity index is 1.19. The summed E-state index contributed by atoms with van der Waals surface area (Å²) in [6, 6.07) is 20.2. The van der Waals surface area contributed by atoms with Crippen LogP contribution < -0.4 is 15.8 Å². The third kappa shape index (κ3) is 4.88. The molecule has 1 aliphatic heterocycles. The smallest absolute Gasteiger partial charge is 0.146 e. The number of anilines is 1. The zero-order valence-electron chi connectivity index (χ0n) is 22.4. The maximum Gasteiger partial charge on any atom is 0.146 e. The van der Waals surface area contributed by atoms with E-state index in [1.165, 1.54) is 12.8 Å². The number of likely N-dealkylation sites (tertiary alicyclic amines) is 1. The fourth-order valence-corrected chi connectivity index (χ4v) is 6.19. The van der Waals surface area contributed by atoms with Crippen LogP contribution in [0, 0.1) is 5.92 Å². The lowest BCUT2D eigenvalue weighted by atomic mass is 9.80. The van der Waals surface area contributed by atoms with Gasteiger partial charge in [0.2, 0.25) is 0 Å². The molecular formula is C31H38N6O. The number of hydrogen-bond acceptors (Lipinski definition) is 6. The molecule has 2 fully saturated rings. The van der Waals surface area contributed by atoms with Crippen LogP contribution in [-0.4, -0.2) is 44.7 Å². The lowest BCUT2D eigenvalue weighted by Gasteiger charge is -2.37. The van der Waals surface area contributed by atoms with Crippen LogP contribution in [0.4, 0.5) is 5.82 Å². The first kappa shape index (κ1) is 24.9. The standard InChI is InChI=1S/C31H38N6O/c1-21-12-13-22(2)37(21)20-33-16-24-14-25(15-24)36-17-27(29-30(32)34-19-35-31(29)36)26-10-6-7-11-28(26)38-18-23-8-4-3-5-9-23/h3-11,17,19,21-22,24-25,33H,12-16,18,20H2,1-2H3,(H2,32,34,35). The predicted octanol–water partition coefficient (Wildman–Crippen LogP) is 5.63. The van der Waals surface area contributed by atoms with Gasteiger partial charge in [-0.05, 0) is 63.6 Å². The predicted molar refractivity (Wildman–Crippen MR) is 153 cm³/mol. The molecule has 3 heterocycles. The van der Waals surface area contributed by atoms with Crippen molar-refractivity contribution in [2.24, 2.45) is 5.92 Å². The number of nitrogens with one attached hydrogen (secondary N) is 1. The van der Waals surface area contributed by atoms with Gasteiger partial charge in [-0.2, -0.15) is 0 Å². The fraction of sp³-hybridized carbons (Fsp3) is 0.419. The van der Waals surface area contributed by atoms with Crippen LogP contribution >= 0.6 is 0 Å². The number of hydrogen-bond donors (Lipinski definition) is 2. The summed E-state index contributed by atoms with van der Waals surface area (Å²) >= 11 is 0. The average molecular weight is 511 g/mol. The third-order valence-corrected chi connectivity index (χ3v) is 8.52. The van der Waals surface area contributed by atoms with Crippen LogP contribution in [0.25, 0.3) is 22.2 Å². The Morgan fingerprint density at radius 2 is 1.68 bits per heavy atom. The number of ether oxygens (including phenoxy) is 1. The Kier molecular flexibility index (Phi) is 7.04. The van der Waals surface area contributed by atoms with Crippen LogP contribution in [0.3, 0.4) is 0 Å². The van der Waals surface area contributed by atoms with Crippen molar-refractivity contribution in [2.75, 3.05) is 18.9 Å². The molecule has 2 atom stereocenters. The Hall–Kier alpha value is -3.42. The highest BCUT2D eigenvalue weighted by Crippen LogP contribution is 2.44. The van der Waals surface area contributed by atoms with Crippen LogP contribution in [0.2, 0.25) is 0 Å². The molecule has 198 valence electrons. The molecule has 0 spiro atoms. The molecule has 0 radical (unpaired) electrons. The number of para-hydroxylation sites is 1. The van der Waals surface area contributed by atoms with Gasteiger partial charge in [0.05, 0.1) is 5.39 Å². The van der Waals surface area contributed by atoms with Gasteiger partial charge in [0.1, 0.15) is 30.1 Å². The number of aromatic nitrogens is 3. The minimum absolute atomic E-state index is 0.411. The van der Waals surface area contributed by atoms with Crippen molar-refractivity contribution in [1.29, 1.82) is 0 Å². The van der Waals surface area contributed by atoms with E-state index in [-0.39, 0.29) is 0 Å². The van der Waals surface area contributed by atoms with E-state index >= 15 is 0 Å². The van der Waals surface area contributed by atoms with E-state index in [9.17, 15) is 0 Å². The molecular weight excluding hydrogens is 472 g/mol. The Bertz CT molecular complexity index is 1370. The number of nitrogens with two attached hydrogens (primary N) is 1. The first-order valence-corrected chi connectivity index (χ1v) is 13.9. The molecule has 7 nitrogen and oxygen atoms in total. The van der Waals surface area contributed by atoms with Crippen LogP contribution in [0.5, 0.6) is 5.75 Å². The van der Waals surface area contributed by atoms with Gasteiger partial charge in [-0.25, -0.2) is 9.97 Å². The van der Waals surface area contributed by atoms with Crippen molar-refractivity contribution in [3.63, 3.8) is 0 Å². The van der Waals surface area contributed by atoms with Crippen LogP contribution in [0.15, 0.2) is 67.1 Å². The molecule has 4 aromatic rings. The molecule has 6 rings (SSSR count). The minimum Gasteiger partial charge on any atom is -0.488 e. The molecule has 2 aromatic carbocycles. The number of nitrogens with zero attached hydrogens (tertiary/aromatic N) is 4. The quantitative estimate of drug-likeness (QED) is 0.304. The van der Waals surface area contributed by atoms with Crippen molar-refractivity contribution in [3.8, 4) is 16.9 Å². The summed E-state index contributed by atoms with van der Waals surface area (Å²) in [6.07, 6.45) is 8.68. The summed E-state index contributed by atoms with van der Waals surface area (Å²) in [5, 5.41) is 4.63. The Morgan fingerprint density at radius 1 is 0.947 bits per heavy atom. The van der Waals surface area contributed by atoms with Gasteiger partial charge in [0, 0.05) is 42.1 Å². The second-order valence-electron chi connectivity index (χ2n) is 11.1. The Morgan fingerprint density at radius 3 is 2.47 bits per heavy atom. The number of rotatable bonds is 9. The summed E-state index contributed by atoms with van der Waals surface area (Å²) in [5.74, 6) is 2.02. The van der Waals surface area contributed by atoms with Crippen LogP contribution in [-0.2, 0) is 6.61 Å². The van der Waals surface area contributed by atoms with E-state index in [1.807, 2.05) is 36.4 Å². The summed E-state index contributed by atoms with van der Waals surface area (Å²) < 4.78 is 8.61. The lowest BCUT2D eigenvalue weighted by molar-refractivity contribution is 0.160. The molecule has 7 heteroatoms. The number of fused-ring (bicyclic) bond motifs is 1. The van der Waals surface area contributed by atoms with Gasteiger partial charge < -0.3 is 20.4 Å². The topological polar surface area (TPSA) is 81.2 Å². The maximum atomic E-state index is 6.44. The maximum absolute atomic E-state index is 6.44. The minimum atomic E-state index is 0.411. The zero-order valence-corrected chi connectivity index (χ0v) is 22.4. The SMILES string of the molecule is CC1CCC(C)N1CNCC1CC(n2cc(-c3ccccc3OCc3ccccc3)c3c(N)ncnc32)C1. The highest BCUT2D eigenvalue weighted by atomic mass is 16.5. The Labute approximate surface area is 225 Å². The third-order valence-electron chi connectivity index (χ3n) is 8.52. The summed E-state index contributed by atoms with van der Waals surface area (Å²) in [5.41, 5.74) is 10.5. The van der Waals surface area contributed by atoms with Crippen LogP contribution in [0.1, 0.15) is 51.1 Å². The fourth-order valence-electron chi connectivity index (χ4n) is 6.19. The van der Waals surface area contributed by atoms with E-state index in [2.05, 4.69) is 63.0 Å². The lowest BCUT2D eigenvalue weighted by Crippen LogP contribution is -2.43. The average Bonchev–Trinajstić information content (AvgIpc) is 3.45. The van der Waals surface area contributed by atoms with Gasteiger partial charge in [-0.3, -0.25) is 4.90 Å². The largest absolute Gasteiger partial charge is 0.488 e. The van der Waals surface area contributed by atoms with Crippen molar-refractivity contribution in [1.82, 2.24) is 24.8 Å². The van der Waals surface area contributed by atoms with Crippen molar-refractivity contribution >= 4 is 16.9 Å². The second kappa shape index (κ2) is 10.8. The zero-order chi connectivity index (χ0) is 26.1. The summed E-state index contributed by atoms with van der Waals surface area (Å²) in [6.45, 7) is 7.25. The summed E-state index contributed by atoms with van der Waals surface area (Å²) in [4.78, 5) is 11.6. The van der Waals surface area contributed by atoms with Gasteiger partial charge >= 0.3 is 0 Å². The normalized spacial score (nSPS) is 23.5. The molecule has 1 saturated heterocycles. The molecule has 2 unspecified atom stereocenters. The van der Waals surface area contributed by atoms with E-state index in [0.717, 1.165) is 59.5 Å². The molecule has 0 bridgehead atoms. The van der Waals surface area contributed by atoms with Gasteiger partial charge in [0.15, 0.2) is 0 Å². The molecule has 2 aromatic heterocycles. The molecule has 1 aliphatic carbocycles. The van der Waals surface area contributed by atoms with Crippen molar-refractivity contribution in [3.05, 3.63) is 72.7 Å². The first-order chi connectivity index (χ1) is 18.6. The van der Waals surface area contributed by atoms with Crippen molar-refractivity contribution < 1.29 is 4.74 Å². The van der Waals surface area contributed by atoms with E-state index < -0.39 is 0 Å². The van der Waals surface area contributed by atoms with E-state index in [0.29, 0.717) is 36.5 Å². The highest BCUT2D eigenvalue weighted by molar-refractivity contribution is 6.01. The van der Waals surface area contributed by atoms with Crippen molar-refractivity contribution in [2.45, 2.75) is 64.3 Å². The van der Waals surface area contributed by atoms with E-state index in [4.69, 9.17) is 10.5 Å². The van der Waals surface area contributed by atoms with E-state index in [1.54, 1.807) is 6.33 Å². The van der Waals surface area contributed by atoms with Gasteiger partial charge in [-0.1, -0.05) is 48.5 Å². The second-order valence-corrected chi connectivity index (χ2v) is 11.1. The number of nitrogen functional groups attached to an aromatic ring is 1. The molecule has 1 saturated carbocycles. The molecule has 3 N–H and O–H groups in total. The molecule has 0 amide bonds. The molecule has 38 heavy (non-hydrogen) atoms. The summed E-state index contributed by atoms with van der Waals surface area (Å²) in [7, 11) is 0. The monoisotopic (exact) mass is 510 g/mol. The number of benzene rings is 2. The van der Waals surface area contributed by atoms with Gasteiger partial charge in [0.25, 0.3) is 0 Å². The first-order valence-electron chi connectivity index (χ1n) is 13.9.